The summed E-state index contributed by atoms with van der Waals surface area (Å²) in [7, 11) is 0. The molecule has 2 heterocycles. The smallest absolute Gasteiger partial charge is 0.241 e. The molecule has 0 saturated carbocycles. The Kier molecular flexibility index (Phi) is 6.36. The largest absolute Gasteiger partial charge is 0.444 e. The maximum atomic E-state index is 12.3. The van der Waals surface area contributed by atoms with Crippen LogP contribution in [0.15, 0.2) is 34.9 Å². The summed E-state index contributed by atoms with van der Waals surface area (Å²) < 4.78 is 10.7. The SMILES string of the molecule is Cc1coc(-c2cccc(NC(=O)C(N)C3CCOCC3)c2)n1.Cl. The molecule has 3 rings (SSSR count). The summed E-state index contributed by atoms with van der Waals surface area (Å²) in [5, 5.41) is 2.88. The molecule has 130 valence electrons. The predicted molar refractivity (Wildman–Crippen MR) is 94.1 cm³/mol. The molecule has 2 aromatic rings. The van der Waals surface area contributed by atoms with E-state index in [9.17, 15) is 4.79 Å². The molecule has 1 unspecified atom stereocenters. The van der Waals surface area contributed by atoms with Crippen molar-refractivity contribution in [1.82, 2.24) is 4.98 Å². The van der Waals surface area contributed by atoms with Crippen LogP contribution >= 0.6 is 12.4 Å². The van der Waals surface area contributed by atoms with Gasteiger partial charge in [-0.15, -0.1) is 12.4 Å². The number of hydrogen-bond donors (Lipinski definition) is 2. The molecule has 0 aliphatic carbocycles. The Bertz CT molecular complexity index is 683. The van der Waals surface area contributed by atoms with Crippen molar-refractivity contribution in [3.05, 3.63) is 36.2 Å². The first-order valence-electron chi connectivity index (χ1n) is 7.80. The molecule has 1 saturated heterocycles. The quantitative estimate of drug-likeness (QED) is 0.883. The van der Waals surface area contributed by atoms with E-state index in [1.54, 1.807) is 6.26 Å². The number of aryl methyl sites for hydroxylation is 1. The molecular formula is C17H22ClN3O3. The summed E-state index contributed by atoms with van der Waals surface area (Å²) in [5.74, 6) is 0.534. The second-order valence-electron chi connectivity index (χ2n) is 5.84. The summed E-state index contributed by atoms with van der Waals surface area (Å²) in [6.45, 7) is 3.21. The molecule has 1 fully saturated rings. The molecule has 0 radical (unpaired) electrons. The van der Waals surface area contributed by atoms with Crippen molar-refractivity contribution in [2.24, 2.45) is 11.7 Å². The Labute approximate surface area is 147 Å². The van der Waals surface area contributed by atoms with E-state index in [0.717, 1.165) is 24.1 Å². The average Bonchev–Trinajstić information content (AvgIpc) is 3.02. The molecule has 1 aromatic heterocycles. The number of aromatic nitrogens is 1. The molecule has 1 atom stereocenters. The maximum absolute atomic E-state index is 12.3. The number of anilines is 1. The van der Waals surface area contributed by atoms with Crippen LogP contribution in [0.25, 0.3) is 11.5 Å². The van der Waals surface area contributed by atoms with Crippen LogP contribution in [0.5, 0.6) is 0 Å². The fourth-order valence-electron chi connectivity index (χ4n) is 2.73. The van der Waals surface area contributed by atoms with E-state index >= 15 is 0 Å². The number of carbonyl (C=O) groups is 1. The van der Waals surface area contributed by atoms with Gasteiger partial charge in [0, 0.05) is 24.5 Å². The lowest BCUT2D eigenvalue weighted by molar-refractivity contribution is -0.119. The summed E-state index contributed by atoms with van der Waals surface area (Å²) in [6, 6.07) is 6.88. The molecule has 6 nitrogen and oxygen atoms in total. The first kappa shape index (κ1) is 18.4. The summed E-state index contributed by atoms with van der Waals surface area (Å²) in [6.07, 6.45) is 3.25. The normalized spacial score (nSPS) is 16.2. The number of rotatable bonds is 4. The topological polar surface area (TPSA) is 90.4 Å². The highest BCUT2D eigenvalue weighted by Crippen LogP contribution is 2.23. The third kappa shape index (κ3) is 4.35. The number of benzene rings is 1. The number of carbonyl (C=O) groups excluding carboxylic acids is 1. The second-order valence-corrected chi connectivity index (χ2v) is 5.84. The van der Waals surface area contributed by atoms with Gasteiger partial charge in [0.25, 0.3) is 0 Å². The highest BCUT2D eigenvalue weighted by atomic mass is 35.5. The summed E-state index contributed by atoms with van der Waals surface area (Å²) >= 11 is 0. The van der Waals surface area contributed by atoms with Gasteiger partial charge in [-0.05, 0) is 43.9 Å². The minimum Gasteiger partial charge on any atom is -0.444 e. The Hall–Kier alpha value is -1.89. The fraction of sp³-hybridized carbons (Fsp3) is 0.412. The van der Waals surface area contributed by atoms with Gasteiger partial charge in [-0.25, -0.2) is 4.98 Å². The fourth-order valence-corrected chi connectivity index (χ4v) is 2.73. The Balaban J connectivity index is 0.00000208. The molecular weight excluding hydrogens is 330 g/mol. The van der Waals surface area contributed by atoms with Gasteiger partial charge in [0.2, 0.25) is 11.8 Å². The molecule has 24 heavy (non-hydrogen) atoms. The highest BCUT2D eigenvalue weighted by Gasteiger charge is 2.26. The zero-order valence-corrected chi connectivity index (χ0v) is 14.3. The van der Waals surface area contributed by atoms with Crippen LogP contribution in [0.1, 0.15) is 18.5 Å². The van der Waals surface area contributed by atoms with Crippen LogP contribution in [0.4, 0.5) is 5.69 Å². The summed E-state index contributed by atoms with van der Waals surface area (Å²) in [5.41, 5.74) is 8.41. The van der Waals surface area contributed by atoms with Crippen LogP contribution in [0, 0.1) is 12.8 Å². The lowest BCUT2D eigenvalue weighted by atomic mass is 9.92. The number of oxazole rings is 1. The maximum Gasteiger partial charge on any atom is 0.241 e. The number of amides is 1. The number of nitrogens with one attached hydrogen (secondary N) is 1. The molecule has 1 amide bonds. The highest BCUT2D eigenvalue weighted by molar-refractivity contribution is 5.95. The molecule has 1 aliphatic rings. The van der Waals surface area contributed by atoms with E-state index in [-0.39, 0.29) is 24.2 Å². The van der Waals surface area contributed by atoms with Gasteiger partial charge in [0.05, 0.1) is 11.7 Å². The molecule has 1 aromatic carbocycles. The van der Waals surface area contributed by atoms with Crippen molar-refractivity contribution in [1.29, 1.82) is 0 Å². The monoisotopic (exact) mass is 351 g/mol. The van der Waals surface area contributed by atoms with Gasteiger partial charge in [0.15, 0.2) is 0 Å². The van der Waals surface area contributed by atoms with E-state index < -0.39 is 6.04 Å². The van der Waals surface area contributed by atoms with Crippen molar-refractivity contribution in [3.63, 3.8) is 0 Å². The van der Waals surface area contributed by atoms with Crippen molar-refractivity contribution in [3.8, 4) is 11.5 Å². The zero-order valence-electron chi connectivity index (χ0n) is 13.5. The third-order valence-corrected chi connectivity index (χ3v) is 4.07. The zero-order chi connectivity index (χ0) is 16.2. The van der Waals surface area contributed by atoms with E-state index in [2.05, 4.69) is 10.3 Å². The van der Waals surface area contributed by atoms with Crippen LogP contribution in [-0.2, 0) is 9.53 Å². The average molecular weight is 352 g/mol. The number of halogens is 1. The van der Waals surface area contributed by atoms with Gasteiger partial charge < -0.3 is 20.2 Å². The minimum atomic E-state index is -0.522. The van der Waals surface area contributed by atoms with Crippen LogP contribution in [0.2, 0.25) is 0 Å². The van der Waals surface area contributed by atoms with Crippen LogP contribution < -0.4 is 11.1 Å². The van der Waals surface area contributed by atoms with E-state index in [1.807, 2.05) is 31.2 Å². The molecule has 3 N–H and O–H groups in total. The third-order valence-electron chi connectivity index (χ3n) is 4.07. The molecule has 7 heteroatoms. The van der Waals surface area contributed by atoms with Crippen molar-refractivity contribution >= 4 is 24.0 Å². The predicted octanol–water partition coefficient (Wildman–Crippen LogP) is 2.76. The second kappa shape index (κ2) is 8.28. The van der Waals surface area contributed by atoms with Crippen LogP contribution in [0.3, 0.4) is 0 Å². The first-order chi connectivity index (χ1) is 11.1. The number of nitrogens with two attached hydrogens (primary N) is 1. The molecule has 1 aliphatic heterocycles. The van der Waals surface area contributed by atoms with Gasteiger partial charge in [-0.2, -0.15) is 0 Å². The van der Waals surface area contributed by atoms with Crippen molar-refractivity contribution < 1.29 is 13.9 Å². The number of nitrogens with zero attached hydrogens (tertiary/aromatic N) is 1. The van der Waals surface area contributed by atoms with E-state index in [1.165, 1.54) is 0 Å². The van der Waals surface area contributed by atoms with E-state index in [4.69, 9.17) is 14.9 Å². The molecule has 0 bridgehead atoms. The van der Waals surface area contributed by atoms with Gasteiger partial charge in [-0.1, -0.05) is 6.07 Å². The Morgan fingerprint density at radius 2 is 2.12 bits per heavy atom. The van der Waals surface area contributed by atoms with E-state index in [0.29, 0.717) is 24.8 Å². The van der Waals surface area contributed by atoms with Gasteiger partial charge >= 0.3 is 0 Å². The lowest BCUT2D eigenvalue weighted by Gasteiger charge is -2.26. The Morgan fingerprint density at radius 3 is 2.79 bits per heavy atom. The number of ether oxygens (including phenoxy) is 1. The van der Waals surface area contributed by atoms with Crippen LogP contribution in [-0.4, -0.2) is 30.1 Å². The van der Waals surface area contributed by atoms with Crippen molar-refractivity contribution in [2.75, 3.05) is 18.5 Å². The lowest BCUT2D eigenvalue weighted by Crippen LogP contribution is -2.44. The standard InChI is InChI=1S/C17H21N3O3.ClH/c1-11-10-23-17(19-11)13-3-2-4-14(9-13)20-16(21)15(18)12-5-7-22-8-6-12;/h2-4,9-10,12,15H,5-8,18H2,1H3,(H,20,21);1H. The number of hydrogen-bond acceptors (Lipinski definition) is 5. The molecule has 0 spiro atoms. The first-order valence-corrected chi connectivity index (χ1v) is 7.80. The van der Waals surface area contributed by atoms with Gasteiger partial charge in [0.1, 0.15) is 6.26 Å². The van der Waals surface area contributed by atoms with Crippen molar-refractivity contribution in [2.45, 2.75) is 25.8 Å². The van der Waals surface area contributed by atoms with Gasteiger partial charge in [-0.3, -0.25) is 4.79 Å². The minimum absolute atomic E-state index is 0. The Morgan fingerprint density at radius 1 is 1.38 bits per heavy atom. The summed E-state index contributed by atoms with van der Waals surface area (Å²) in [4.78, 5) is 16.6.